The number of aryl methyl sites for hydroxylation is 1. The molecule has 15 heavy (non-hydrogen) atoms. The van der Waals surface area contributed by atoms with Crippen LogP contribution in [0.5, 0.6) is 0 Å². The van der Waals surface area contributed by atoms with E-state index in [1.807, 2.05) is 13.1 Å². The fraction of sp³-hybridized carbons (Fsp3) is 0.750. The standard InChI is InChI=1S/C12H20N2O/c1-14-11(8-9-13-14)12(15)10-6-4-2-3-5-7-10/h8-10,12,15H,2-7H2,1H3. The van der Waals surface area contributed by atoms with Gasteiger partial charge in [-0.2, -0.15) is 5.10 Å². The van der Waals surface area contributed by atoms with Gasteiger partial charge in [0.25, 0.3) is 0 Å². The van der Waals surface area contributed by atoms with Gasteiger partial charge in [0.05, 0.1) is 11.8 Å². The van der Waals surface area contributed by atoms with Crippen molar-refractivity contribution in [1.82, 2.24) is 9.78 Å². The molecule has 1 N–H and O–H groups in total. The van der Waals surface area contributed by atoms with Crippen LogP contribution >= 0.6 is 0 Å². The van der Waals surface area contributed by atoms with Gasteiger partial charge in [-0.1, -0.05) is 25.7 Å². The Bertz CT molecular complexity index is 300. The molecule has 1 aliphatic rings. The molecule has 1 heterocycles. The van der Waals surface area contributed by atoms with Crippen molar-refractivity contribution < 1.29 is 5.11 Å². The topological polar surface area (TPSA) is 38.0 Å². The van der Waals surface area contributed by atoms with Gasteiger partial charge in [-0.25, -0.2) is 0 Å². The smallest absolute Gasteiger partial charge is 0.0984 e. The van der Waals surface area contributed by atoms with E-state index in [1.54, 1.807) is 10.9 Å². The molecule has 0 aliphatic heterocycles. The van der Waals surface area contributed by atoms with Crippen molar-refractivity contribution in [3.63, 3.8) is 0 Å². The predicted octanol–water partition coefficient (Wildman–Crippen LogP) is 2.42. The quantitative estimate of drug-likeness (QED) is 0.758. The van der Waals surface area contributed by atoms with Crippen molar-refractivity contribution in [2.45, 2.75) is 44.6 Å². The first-order chi connectivity index (χ1) is 7.29. The Morgan fingerprint density at radius 2 is 2.00 bits per heavy atom. The van der Waals surface area contributed by atoms with Gasteiger partial charge in [0.15, 0.2) is 0 Å². The second-order valence-corrected chi connectivity index (χ2v) is 4.58. The molecule has 1 aromatic heterocycles. The Morgan fingerprint density at radius 3 is 2.53 bits per heavy atom. The van der Waals surface area contributed by atoms with Gasteiger partial charge in [0.2, 0.25) is 0 Å². The van der Waals surface area contributed by atoms with Crippen LogP contribution in [0.15, 0.2) is 12.3 Å². The van der Waals surface area contributed by atoms with E-state index >= 15 is 0 Å². The predicted molar refractivity (Wildman–Crippen MR) is 59.4 cm³/mol. The lowest BCUT2D eigenvalue weighted by molar-refractivity contribution is 0.0910. The zero-order valence-electron chi connectivity index (χ0n) is 9.39. The molecule has 2 rings (SSSR count). The van der Waals surface area contributed by atoms with Crippen LogP contribution in [-0.4, -0.2) is 14.9 Å². The number of aromatic nitrogens is 2. The zero-order valence-corrected chi connectivity index (χ0v) is 9.39. The van der Waals surface area contributed by atoms with Crippen molar-refractivity contribution >= 4 is 0 Å². The highest BCUT2D eigenvalue weighted by atomic mass is 16.3. The van der Waals surface area contributed by atoms with Crippen LogP contribution in [0.25, 0.3) is 0 Å². The number of aliphatic hydroxyl groups excluding tert-OH is 1. The number of aliphatic hydroxyl groups is 1. The lowest BCUT2D eigenvalue weighted by atomic mass is 9.92. The van der Waals surface area contributed by atoms with E-state index in [-0.39, 0.29) is 6.10 Å². The first-order valence-electron chi connectivity index (χ1n) is 5.95. The van der Waals surface area contributed by atoms with Crippen LogP contribution in [0.1, 0.15) is 50.3 Å². The first kappa shape index (κ1) is 10.7. The molecule has 0 aromatic carbocycles. The Morgan fingerprint density at radius 1 is 1.33 bits per heavy atom. The van der Waals surface area contributed by atoms with Gasteiger partial charge in [-0.15, -0.1) is 0 Å². The largest absolute Gasteiger partial charge is 0.387 e. The zero-order chi connectivity index (χ0) is 10.7. The van der Waals surface area contributed by atoms with Gasteiger partial charge in [-0.3, -0.25) is 4.68 Å². The van der Waals surface area contributed by atoms with E-state index in [1.165, 1.54) is 25.7 Å². The minimum atomic E-state index is -0.324. The molecule has 1 aromatic rings. The normalized spacial score (nSPS) is 21.2. The minimum Gasteiger partial charge on any atom is -0.387 e. The molecule has 0 amide bonds. The van der Waals surface area contributed by atoms with Gasteiger partial charge in [0.1, 0.15) is 0 Å². The number of hydrogen-bond acceptors (Lipinski definition) is 2. The summed E-state index contributed by atoms with van der Waals surface area (Å²) in [5.74, 6) is 0.433. The van der Waals surface area contributed by atoms with Crippen LogP contribution in [-0.2, 0) is 7.05 Å². The third-order valence-corrected chi connectivity index (χ3v) is 3.51. The molecule has 1 saturated carbocycles. The summed E-state index contributed by atoms with van der Waals surface area (Å²) in [5, 5.41) is 14.4. The maximum Gasteiger partial charge on any atom is 0.0984 e. The molecule has 0 bridgehead atoms. The highest BCUT2D eigenvalue weighted by molar-refractivity contribution is 5.05. The Hall–Kier alpha value is -0.830. The number of nitrogens with zero attached hydrogens (tertiary/aromatic N) is 2. The van der Waals surface area contributed by atoms with E-state index in [9.17, 15) is 5.11 Å². The average molecular weight is 208 g/mol. The molecule has 1 fully saturated rings. The van der Waals surface area contributed by atoms with Gasteiger partial charge in [0, 0.05) is 13.2 Å². The van der Waals surface area contributed by atoms with Gasteiger partial charge >= 0.3 is 0 Å². The van der Waals surface area contributed by atoms with E-state index in [0.29, 0.717) is 5.92 Å². The van der Waals surface area contributed by atoms with E-state index < -0.39 is 0 Å². The molecule has 3 heteroatoms. The van der Waals surface area contributed by atoms with Crippen LogP contribution in [0.3, 0.4) is 0 Å². The van der Waals surface area contributed by atoms with Gasteiger partial charge in [-0.05, 0) is 24.8 Å². The van der Waals surface area contributed by atoms with Crippen LogP contribution in [0, 0.1) is 5.92 Å². The molecule has 0 radical (unpaired) electrons. The number of rotatable bonds is 2. The molecule has 1 unspecified atom stereocenters. The second-order valence-electron chi connectivity index (χ2n) is 4.58. The Balaban J connectivity index is 2.06. The van der Waals surface area contributed by atoms with Crippen LogP contribution < -0.4 is 0 Å². The summed E-state index contributed by atoms with van der Waals surface area (Å²) in [7, 11) is 1.90. The summed E-state index contributed by atoms with van der Waals surface area (Å²) in [4.78, 5) is 0. The number of hydrogen-bond donors (Lipinski definition) is 1. The molecule has 84 valence electrons. The summed E-state index contributed by atoms with van der Waals surface area (Å²) in [6.45, 7) is 0. The van der Waals surface area contributed by atoms with Crippen molar-refractivity contribution in [3.8, 4) is 0 Å². The Labute approximate surface area is 91.1 Å². The van der Waals surface area contributed by atoms with Crippen molar-refractivity contribution in [2.24, 2.45) is 13.0 Å². The van der Waals surface area contributed by atoms with E-state index in [0.717, 1.165) is 18.5 Å². The third kappa shape index (κ3) is 2.40. The van der Waals surface area contributed by atoms with Crippen LogP contribution in [0.4, 0.5) is 0 Å². The maximum atomic E-state index is 10.3. The SMILES string of the molecule is Cn1nccc1C(O)C1CCCCCC1. The molecular weight excluding hydrogens is 188 g/mol. The average Bonchev–Trinajstić information content (AvgIpc) is 2.53. The van der Waals surface area contributed by atoms with Crippen LogP contribution in [0.2, 0.25) is 0 Å². The highest BCUT2D eigenvalue weighted by Crippen LogP contribution is 2.32. The summed E-state index contributed by atoms with van der Waals surface area (Å²) in [5.41, 5.74) is 0.960. The maximum absolute atomic E-state index is 10.3. The van der Waals surface area contributed by atoms with Crippen molar-refractivity contribution in [1.29, 1.82) is 0 Å². The summed E-state index contributed by atoms with van der Waals surface area (Å²) < 4.78 is 1.79. The third-order valence-electron chi connectivity index (χ3n) is 3.51. The van der Waals surface area contributed by atoms with Crippen molar-refractivity contribution in [2.75, 3.05) is 0 Å². The molecule has 1 atom stereocenters. The molecule has 3 nitrogen and oxygen atoms in total. The molecule has 1 aliphatic carbocycles. The van der Waals surface area contributed by atoms with E-state index in [2.05, 4.69) is 5.10 Å². The molecular formula is C12H20N2O. The summed E-state index contributed by atoms with van der Waals surface area (Å²) in [6.07, 6.45) is 8.94. The van der Waals surface area contributed by atoms with E-state index in [4.69, 9.17) is 0 Å². The monoisotopic (exact) mass is 208 g/mol. The van der Waals surface area contributed by atoms with Crippen molar-refractivity contribution in [3.05, 3.63) is 18.0 Å². The fourth-order valence-electron chi connectivity index (χ4n) is 2.54. The lowest BCUT2D eigenvalue weighted by Crippen LogP contribution is -2.15. The van der Waals surface area contributed by atoms with Gasteiger partial charge < -0.3 is 5.11 Å². The second kappa shape index (κ2) is 4.79. The minimum absolute atomic E-state index is 0.324. The molecule has 0 saturated heterocycles. The summed E-state index contributed by atoms with van der Waals surface area (Å²) >= 11 is 0. The fourth-order valence-corrected chi connectivity index (χ4v) is 2.54. The summed E-state index contributed by atoms with van der Waals surface area (Å²) in [6, 6.07) is 1.93. The first-order valence-corrected chi connectivity index (χ1v) is 5.95. The molecule has 0 spiro atoms. The highest BCUT2D eigenvalue weighted by Gasteiger charge is 2.23. The Kier molecular flexibility index (Phi) is 3.41. The lowest BCUT2D eigenvalue weighted by Gasteiger charge is -2.21.